The molecule has 2 fully saturated rings. The third-order valence-corrected chi connectivity index (χ3v) is 9.00. The highest BCUT2D eigenvalue weighted by Crippen LogP contribution is 2.58. The van der Waals surface area contributed by atoms with Crippen molar-refractivity contribution >= 4 is 35.0 Å². The molecule has 1 spiro atoms. The number of likely N-dealkylation sites (tertiary alicyclic amines) is 1. The standard InChI is InChI=1S/C31H32ClN3O5/c1-30-14-6-16-33(2)27(37)24(30)25-28(38)35(23(19-36)18-20-8-4-3-5-9-20)26-29(39)34(17-7-15-31(25,26)40-30)22-12-10-21(32)11-13-22/h3-15,23-26,36H,16-19H2,1-2H3/t23-,24+,25+,26?,30-,31+/m1/s1. The van der Waals surface area contributed by atoms with E-state index in [2.05, 4.69) is 0 Å². The van der Waals surface area contributed by atoms with Crippen molar-refractivity contribution in [1.29, 1.82) is 0 Å². The number of anilines is 1. The van der Waals surface area contributed by atoms with Crippen LogP contribution in [0.5, 0.6) is 0 Å². The lowest BCUT2D eigenvalue weighted by Crippen LogP contribution is -2.59. The zero-order valence-electron chi connectivity index (χ0n) is 22.4. The number of likely N-dealkylation sites (N-methyl/N-ethyl adjacent to an activating group) is 1. The highest BCUT2D eigenvalue weighted by molar-refractivity contribution is 6.30. The van der Waals surface area contributed by atoms with Crippen LogP contribution in [0.25, 0.3) is 0 Å². The molecule has 6 rings (SSSR count). The molecule has 9 heteroatoms. The van der Waals surface area contributed by atoms with E-state index in [9.17, 15) is 19.5 Å². The minimum absolute atomic E-state index is 0.202. The number of fused-ring (bicyclic) bond motifs is 2. The highest BCUT2D eigenvalue weighted by atomic mass is 35.5. The molecule has 4 aliphatic rings. The highest BCUT2D eigenvalue weighted by Gasteiger charge is 2.75. The SMILES string of the molecule is CN1CC=C[C@@]2(C)O[C@]34C=CCN(c5ccc(Cl)cc5)C(=O)C3N([C@@H](CO)Cc3ccccc3)C(=O)[C@@H]4[C@H]2C1=O. The average Bonchev–Trinajstić information content (AvgIpc) is 3.23. The van der Waals surface area contributed by atoms with E-state index in [0.717, 1.165) is 5.56 Å². The molecule has 2 saturated heterocycles. The number of rotatable bonds is 5. The normalized spacial score (nSPS) is 32.0. The Morgan fingerprint density at radius 1 is 0.950 bits per heavy atom. The number of hydrogen-bond donors (Lipinski definition) is 1. The van der Waals surface area contributed by atoms with E-state index in [1.54, 1.807) is 41.1 Å². The maximum atomic E-state index is 14.6. The van der Waals surface area contributed by atoms with Crippen LogP contribution >= 0.6 is 11.6 Å². The van der Waals surface area contributed by atoms with Crippen molar-refractivity contribution in [1.82, 2.24) is 9.80 Å². The van der Waals surface area contributed by atoms with E-state index in [1.807, 2.05) is 61.6 Å². The molecule has 2 aromatic rings. The number of carbonyl (C=O) groups is 3. The first-order valence-electron chi connectivity index (χ1n) is 13.5. The van der Waals surface area contributed by atoms with E-state index in [0.29, 0.717) is 23.7 Å². The van der Waals surface area contributed by atoms with E-state index < -0.39 is 35.1 Å². The third-order valence-electron chi connectivity index (χ3n) is 8.75. The summed E-state index contributed by atoms with van der Waals surface area (Å²) in [7, 11) is 1.71. The van der Waals surface area contributed by atoms with Crippen molar-refractivity contribution < 1.29 is 24.2 Å². The topological polar surface area (TPSA) is 90.4 Å². The molecule has 0 aliphatic carbocycles. The summed E-state index contributed by atoms with van der Waals surface area (Å²) in [4.78, 5) is 47.6. The second-order valence-corrected chi connectivity index (χ2v) is 11.7. The first kappa shape index (κ1) is 26.7. The molecule has 0 radical (unpaired) electrons. The fourth-order valence-electron chi connectivity index (χ4n) is 6.97. The summed E-state index contributed by atoms with van der Waals surface area (Å²) in [6, 6.07) is 14.7. The lowest BCUT2D eigenvalue weighted by molar-refractivity contribution is -0.150. The Bertz CT molecular complexity index is 1400. The van der Waals surface area contributed by atoms with Crippen molar-refractivity contribution in [3.63, 3.8) is 0 Å². The van der Waals surface area contributed by atoms with Crippen LogP contribution in [0.1, 0.15) is 12.5 Å². The van der Waals surface area contributed by atoms with Gasteiger partial charge in [-0.1, -0.05) is 66.2 Å². The minimum atomic E-state index is -1.39. The summed E-state index contributed by atoms with van der Waals surface area (Å²) in [5.41, 5.74) is -0.923. The molecule has 4 aliphatic heterocycles. The van der Waals surface area contributed by atoms with Gasteiger partial charge in [-0.3, -0.25) is 14.4 Å². The van der Waals surface area contributed by atoms with Gasteiger partial charge in [0.05, 0.1) is 30.1 Å². The Hall–Kier alpha value is -3.46. The molecule has 3 amide bonds. The molecule has 6 atom stereocenters. The van der Waals surface area contributed by atoms with Crippen molar-refractivity contribution in [3.05, 3.63) is 89.5 Å². The van der Waals surface area contributed by atoms with Gasteiger partial charge in [-0.2, -0.15) is 0 Å². The van der Waals surface area contributed by atoms with Crippen LogP contribution in [0.2, 0.25) is 5.02 Å². The molecule has 0 aromatic heterocycles. The molecule has 0 saturated carbocycles. The maximum absolute atomic E-state index is 14.6. The van der Waals surface area contributed by atoms with Gasteiger partial charge >= 0.3 is 0 Å². The van der Waals surface area contributed by atoms with Crippen LogP contribution in [0.3, 0.4) is 0 Å². The lowest BCUT2D eigenvalue weighted by Gasteiger charge is -2.40. The Balaban J connectivity index is 1.50. The second kappa shape index (κ2) is 9.87. The number of aliphatic hydroxyl groups excluding tert-OH is 1. The molecule has 8 nitrogen and oxygen atoms in total. The quantitative estimate of drug-likeness (QED) is 0.567. The molecule has 1 unspecified atom stereocenters. The lowest BCUT2D eigenvalue weighted by atomic mass is 9.74. The Kier molecular flexibility index (Phi) is 6.60. The van der Waals surface area contributed by atoms with Gasteiger partial charge in [0.1, 0.15) is 11.6 Å². The molecule has 2 aromatic carbocycles. The summed E-state index contributed by atoms with van der Waals surface area (Å²) in [6.45, 7) is 2.13. The zero-order valence-corrected chi connectivity index (χ0v) is 23.2. The smallest absolute Gasteiger partial charge is 0.253 e. The minimum Gasteiger partial charge on any atom is -0.394 e. The number of ether oxygens (including phenoxy) is 1. The average molecular weight is 562 g/mol. The summed E-state index contributed by atoms with van der Waals surface area (Å²) in [6.07, 6.45) is 7.73. The Morgan fingerprint density at radius 3 is 2.35 bits per heavy atom. The third kappa shape index (κ3) is 4.00. The van der Waals surface area contributed by atoms with E-state index in [4.69, 9.17) is 16.3 Å². The number of benzene rings is 2. The summed E-state index contributed by atoms with van der Waals surface area (Å²) in [5.74, 6) is -2.66. The molecular weight excluding hydrogens is 530 g/mol. The molecule has 4 heterocycles. The molecule has 1 N–H and O–H groups in total. The van der Waals surface area contributed by atoms with Gasteiger partial charge in [-0.05, 0) is 43.2 Å². The number of amides is 3. The predicted molar refractivity (Wildman–Crippen MR) is 151 cm³/mol. The van der Waals surface area contributed by atoms with Gasteiger partial charge in [-0.15, -0.1) is 0 Å². The van der Waals surface area contributed by atoms with Crippen LogP contribution in [0.15, 0.2) is 78.9 Å². The molecule has 40 heavy (non-hydrogen) atoms. The van der Waals surface area contributed by atoms with Gasteiger partial charge < -0.3 is 24.5 Å². The van der Waals surface area contributed by atoms with Crippen LogP contribution in [-0.4, -0.2) is 82.7 Å². The van der Waals surface area contributed by atoms with Crippen molar-refractivity contribution in [2.45, 2.75) is 36.6 Å². The number of halogens is 1. The molecule has 0 bridgehead atoms. The van der Waals surface area contributed by atoms with E-state index in [-0.39, 0.29) is 30.9 Å². The van der Waals surface area contributed by atoms with Gasteiger partial charge in [0.2, 0.25) is 11.8 Å². The van der Waals surface area contributed by atoms with E-state index in [1.165, 1.54) is 4.90 Å². The fraction of sp³-hybridized carbons (Fsp3) is 0.387. The Labute approximate surface area is 238 Å². The van der Waals surface area contributed by atoms with Crippen LogP contribution < -0.4 is 4.90 Å². The van der Waals surface area contributed by atoms with Gasteiger partial charge in [0.15, 0.2) is 0 Å². The predicted octanol–water partition coefficient (Wildman–Crippen LogP) is 2.85. The van der Waals surface area contributed by atoms with Crippen LogP contribution in [0.4, 0.5) is 5.69 Å². The number of aliphatic hydroxyl groups is 1. The monoisotopic (exact) mass is 561 g/mol. The van der Waals surface area contributed by atoms with Crippen molar-refractivity contribution in [2.24, 2.45) is 11.8 Å². The number of nitrogens with zero attached hydrogens (tertiary/aromatic N) is 3. The van der Waals surface area contributed by atoms with Crippen molar-refractivity contribution in [2.75, 3.05) is 31.6 Å². The molecule has 208 valence electrons. The van der Waals surface area contributed by atoms with Crippen LogP contribution in [0, 0.1) is 11.8 Å². The molecular formula is C31H32ClN3O5. The van der Waals surface area contributed by atoms with Gasteiger partial charge in [0, 0.05) is 30.8 Å². The summed E-state index contributed by atoms with van der Waals surface area (Å²) in [5, 5.41) is 11.2. The summed E-state index contributed by atoms with van der Waals surface area (Å²) < 4.78 is 6.83. The van der Waals surface area contributed by atoms with E-state index >= 15 is 0 Å². The first-order chi connectivity index (χ1) is 19.2. The number of carbonyl (C=O) groups excluding carboxylic acids is 3. The van der Waals surface area contributed by atoms with Crippen molar-refractivity contribution in [3.8, 4) is 0 Å². The number of hydrogen-bond acceptors (Lipinski definition) is 5. The second-order valence-electron chi connectivity index (χ2n) is 11.2. The largest absolute Gasteiger partial charge is 0.394 e. The first-order valence-corrected chi connectivity index (χ1v) is 13.9. The maximum Gasteiger partial charge on any atom is 0.253 e. The van der Waals surface area contributed by atoms with Crippen LogP contribution in [-0.2, 0) is 25.5 Å². The fourth-order valence-corrected chi connectivity index (χ4v) is 7.09. The van der Waals surface area contributed by atoms with Gasteiger partial charge in [0.25, 0.3) is 5.91 Å². The Morgan fingerprint density at radius 2 is 1.65 bits per heavy atom. The van der Waals surface area contributed by atoms with Gasteiger partial charge in [-0.25, -0.2) is 0 Å². The zero-order chi connectivity index (χ0) is 28.2. The summed E-state index contributed by atoms with van der Waals surface area (Å²) >= 11 is 6.12.